The molecule has 0 saturated heterocycles. The van der Waals surface area contributed by atoms with Gasteiger partial charge in [0.2, 0.25) is 0 Å². The number of anilines is 1. The van der Waals surface area contributed by atoms with E-state index in [0.717, 1.165) is 11.3 Å². The zero-order valence-corrected chi connectivity index (χ0v) is 12.5. The van der Waals surface area contributed by atoms with Gasteiger partial charge in [-0.3, -0.25) is 4.79 Å². The average molecular weight is 305 g/mol. The third kappa shape index (κ3) is 4.39. The monoisotopic (exact) mass is 304 g/mol. The van der Waals surface area contributed by atoms with Crippen molar-refractivity contribution >= 4 is 23.2 Å². The molecule has 2 aromatic rings. The number of nitrogens with two attached hydrogens (primary N) is 1. The summed E-state index contributed by atoms with van der Waals surface area (Å²) in [6.07, 6.45) is 0. The third-order valence-corrected chi connectivity index (χ3v) is 3.06. The van der Waals surface area contributed by atoms with Crippen LogP contribution in [0.25, 0.3) is 0 Å². The van der Waals surface area contributed by atoms with Crippen molar-refractivity contribution in [2.24, 2.45) is 0 Å². The normalized spacial score (nSPS) is 10.2. The molecule has 21 heavy (non-hydrogen) atoms. The number of carbonyl (C=O) groups excluding carboxylic acids is 1. The second-order valence-electron chi connectivity index (χ2n) is 4.54. The lowest BCUT2D eigenvalue weighted by molar-refractivity contribution is 0.0951. The molecule has 110 valence electrons. The Kier molecular flexibility index (Phi) is 5.06. The number of amides is 1. The maximum atomic E-state index is 12.1. The zero-order valence-electron chi connectivity index (χ0n) is 11.7. The largest absolute Gasteiger partial charge is 0.494 e. The van der Waals surface area contributed by atoms with Crippen LogP contribution in [0.2, 0.25) is 5.02 Å². The maximum absolute atomic E-state index is 12.1. The smallest absolute Gasteiger partial charge is 0.251 e. The van der Waals surface area contributed by atoms with E-state index in [1.807, 2.05) is 31.2 Å². The zero-order chi connectivity index (χ0) is 15.2. The molecule has 0 heterocycles. The summed E-state index contributed by atoms with van der Waals surface area (Å²) in [4.78, 5) is 12.1. The van der Waals surface area contributed by atoms with Gasteiger partial charge in [0.1, 0.15) is 5.75 Å². The van der Waals surface area contributed by atoms with Gasteiger partial charge in [-0.2, -0.15) is 0 Å². The summed E-state index contributed by atoms with van der Waals surface area (Å²) in [5, 5.41) is 3.27. The van der Waals surface area contributed by atoms with Gasteiger partial charge in [0, 0.05) is 22.8 Å². The van der Waals surface area contributed by atoms with Gasteiger partial charge in [0.05, 0.1) is 6.61 Å². The summed E-state index contributed by atoms with van der Waals surface area (Å²) in [6, 6.07) is 12.4. The van der Waals surface area contributed by atoms with Gasteiger partial charge in [0.15, 0.2) is 0 Å². The van der Waals surface area contributed by atoms with Crippen molar-refractivity contribution in [3.63, 3.8) is 0 Å². The van der Waals surface area contributed by atoms with Crippen molar-refractivity contribution in [2.45, 2.75) is 13.5 Å². The summed E-state index contributed by atoms with van der Waals surface area (Å²) in [5.41, 5.74) is 7.55. The van der Waals surface area contributed by atoms with Crippen LogP contribution in [0, 0.1) is 0 Å². The molecule has 1 amide bonds. The summed E-state index contributed by atoms with van der Waals surface area (Å²) in [7, 11) is 0. The molecule has 0 aliphatic rings. The van der Waals surface area contributed by atoms with Gasteiger partial charge >= 0.3 is 0 Å². The minimum Gasteiger partial charge on any atom is -0.494 e. The van der Waals surface area contributed by atoms with E-state index in [0.29, 0.717) is 29.4 Å². The van der Waals surface area contributed by atoms with E-state index in [1.54, 1.807) is 18.2 Å². The topological polar surface area (TPSA) is 64.3 Å². The van der Waals surface area contributed by atoms with E-state index >= 15 is 0 Å². The molecule has 0 spiro atoms. The fourth-order valence-corrected chi connectivity index (χ4v) is 2.18. The van der Waals surface area contributed by atoms with E-state index in [2.05, 4.69) is 5.32 Å². The predicted octanol–water partition coefficient (Wildman–Crippen LogP) is 3.25. The average Bonchev–Trinajstić information content (AvgIpc) is 2.44. The van der Waals surface area contributed by atoms with E-state index < -0.39 is 0 Å². The van der Waals surface area contributed by atoms with Crippen molar-refractivity contribution in [2.75, 3.05) is 12.3 Å². The van der Waals surface area contributed by atoms with Gasteiger partial charge in [-0.05, 0) is 42.8 Å². The molecule has 4 nitrogen and oxygen atoms in total. The molecular weight excluding hydrogens is 288 g/mol. The SMILES string of the molecule is CCOc1cccc(CNC(=O)c2cc(N)cc(Cl)c2)c1. The van der Waals surface area contributed by atoms with Crippen LogP contribution in [-0.4, -0.2) is 12.5 Å². The van der Waals surface area contributed by atoms with E-state index in [1.165, 1.54) is 0 Å². The van der Waals surface area contributed by atoms with Crippen molar-refractivity contribution in [3.8, 4) is 5.75 Å². The van der Waals surface area contributed by atoms with Gasteiger partial charge in [-0.1, -0.05) is 23.7 Å². The van der Waals surface area contributed by atoms with Crippen molar-refractivity contribution < 1.29 is 9.53 Å². The molecule has 5 heteroatoms. The lowest BCUT2D eigenvalue weighted by Gasteiger charge is -2.08. The first-order chi connectivity index (χ1) is 10.1. The van der Waals surface area contributed by atoms with E-state index in [-0.39, 0.29) is 5.91 Å². The number of carbonyl (C=O) groups is 1. The highest BCUT2D eigenvalue weighted by Crippen LogP contribution is 2.17. The van der Waals surface area contributed by atoms with Crippen LogP contribution in [0.4, 0.5) is 5.69 Å². The Hall–Kier alpha value is -2.20. The Morgan fingerprint density at radius 3 is 2.81 bits per heavy atom. The van der Waals surface area contributed by atoms with Crippen molar-refractivity contribution in [1.29, 1.82) is 0 Å². The van der Waals surface area contributed by atoms with Crippen molar-refractivity contribution in [3.05, 3.63) is 58.6 Å². The second-order valence-corrected chi connectivity index (χ2v) is 4.97. The molecule has 2 rings (SSSR count). The highest BCUT2D eigenvalue weighted by atomic mass is 35.5. The molecule has 0 fully saturated rings. The maximum Gasteiger partial charge on any atom is 0.251 e. The fraction of sp³-hybridized carbons (Fsp3) is 0.188. The quantitative estimate of drug-likeness (QED) is 0.833. The Balaban J connectivity index is 2.02. The van der Waals surface area contributed by atoms with Crippen LogP contribution in [0.15, 0.2) is 42.5 Å². The Morgan fingerprint density at radius 1 is 1.29 bits per heavy atom. The van der Waals surface area contributed by atoms with Crippen LogP contribution in [0.5, 0.6) is 5.75 Å². The molecule has 0 radical (unpaired) electrons. The Labute approximate surface area is 128 Å². The minimum atomic E-state index is -0.217. The highest BCUT2D eigenvalue weighted by molar-refractivity contribution is 6.31. The number of benzene rings is 2. The first-order valence-corrected chi connectivity index (χ1v) is 7.02. The first-order valence-electron chi connectivity index (χ1n) is 6.64. The molecular formula is C16H17ClN2O2. The third-order valence-electron chi connectivity index (χ3n) is 2.84. The number of ether oxygens (including phenoxy) is 1. The number of nitrogens with one attached hydrogen (secondary N) is 1. The molecule has 2 aromatic carbocycles. The molecule has 0 bridgehead atoms. The number of nitrogen functional groups attached to an aromatic ring is 1. The molecule has 0 aliphatic heterocycles. The summed E-state index contributed by atoms with van der Waals surface area (Å²) in [6.45, 7) is 2.95. The highest BCUT2D eigenvalue weighted by Gasteiger charge is 2.07. The molecule has 0 saturated carbocycles. The number of hydrogen-bond donors (Lipinski definition) is 2. The summed E-state index contributed by atoms with van der Waals surface area (Å²) < 4.78 is 5.42. The van der Waals surface area contributed by atoms with Gasteiger partial charge in [-0.15, -0.1) is 0 Å². The second kappa shape index (κ2) is 6.99. The molecule has 0 unspecified atom stereocenters. The summed E-state index contributed by atoms with van der Waals surface area (Å²) >= 11 is 5.89. The van der Waals surface area contributed by atoms with Crippen molar-refractivity contribution in [1.82, 2.24) is 5.32 Å². The lowest BCUT2D eigenvalue weighted by Crippen LogP contribution is -2.22. The van der Waals surface area contributed by atoms with Crippen LogP contribution in [0.1, 0.15) is 22.8 Å². The van der Waals surface area contributed by atoms with Crippen LogP contribution in [0.3, 0.4) is 0 Å². The molecule has 0 aromatic heterocycles. The predicted molar refractivity (Wildman–Crippen MR) is 84.6 cm³/mol. The molecule has 0 atom stereocenters. The summed E-state index contributed by atoms with van der Waals surface area (Å²) in [5.74, 6) is 0.572. The standard InChI is InChI=1S/C16H17ClN2O2/c1-2-21-15-5-3-4-11(6-15)10-19-16(20)12-7-13(17)9-14(18)8-12/h3-9H,2,10,18H2,1H3,(H,19,20). The van der Waals surface area contributed by atoms with Crippen LogP contribution >= 0.6 is 11.6 Å². The van der Waals surface area contributed by atoms with Gasteiger partial charge < -0.3 is 15.8 Å². The number of hydrogen-bond acceptors (Lipinski definition) is 3. The fourth-order valence-electron chi connectivity index (χ4n) is 1.94. The van der Waals surface area contributed by atoms with E-state index in [4.69, 9.17) is 22.1 Å². The van der Waals surface area contributed by atoms with Crippen LogP contribution in [-0.2, 0) is 6.54 Å². The number of halogens is 1. The first kappa shape index (κ1) is 15.2. The van der Waals surface area contributed by atoms with Gasteiger partial charge in [0.25, 0.3) is 5.91 Å². The lowest BCUT2D eigenvalue weighted by atomic mass is 10.1. The van der Waals surface area contributed by atoms with Crippen LogP contribution < -0.4 is 15.8 Å². The Morgan fingerprint density at radius 2 is 2.10 bits per heavy atom. The van der Waals surface area contributed by atoms with Gasteiger partial charge in [-0.25, -0.2) is 0 Å². The molecule has 0 aliphatic carbocycles. The minimum absolute atomic E-state index is 0.217. The Bertz CT molecular complexity index is 624. The van der Waals surface area contributed by atoms with E-state index in [9.17, 15) is 4.79 Å². The molecule has 3 N–H and O–H groups in total. The number of rotatable bonds is 5.